The van der Waals surface area contributed by atoms with E-state index in [0.717, 1.165) is 0 Å². The number of β-lactam (4-membered cyclic amide) rings is 1. The Morgan fingerprint density at radius 1 is 1.34 bits per heavy atom. The molecule has 12 heteroatoms. The molecule has 0 radical (unpaired) electrons. The molecule has 3 heterocycles. The number of thioether (sulfide) groups is 1. The van der Waals surface area contributed by atoms with Crippen LogP contribution in [-0.2, 0) is 28.7 Å². The van der Waals surface area contributed by atoms with Crippen molar-refractivity contribution in [1.82, 2.24) is 15.2 Å². The molecule has 0 aliphatic carbocycles. The zero-order valence-corrected chi connectivity index (χ0v) is 19.7. The van der Waals surface area contributed by atoms with E-state index < -0.39 is 47.4 Å². The number of ether oxygens (including phenoxy) is 2. The van der Waals surface area contributed by atoms with Gasteiger partial charge in [0.05, 0.1) is 16.7 Å². The van der Waals surface area contributed by atoms with Gasteiger partial charge in [0, 0.05) is 11.1 Å². The van der Waals surface area contributed by atoms with Crippen molar-refractivity contribution >= 4 is 57.6 Å². The highest BCUT2D eigenvalue weighted by Gasteiger charge is 2.53. The van der Waals surface area contributed by atoms with E-state index in [-0.39, 0.29) is 5.70 Å². The molecule has 0 saturated carbocycles. The van der Waals surface area contributed by atoms with Gasteiger partial charge in [-0.05, 0) is 33.8 Å². The lowest BCUT2D eigenvalue weighted by Crippen LogP contribution is -2.70. The molecule has 2 amide bonds. The maximum Gasteiger partial charge on any atom is 0.357 e. The first-order chi connectivity index (χ1) is 15.0. The number of anilines is 1. The summed E-state index contributed by atoms with van der Waals surface area (Å²) in [6.07, 6.45) is 3.17. The fraction of sp³-hybridized carbons (Fsp3) is 0.450. The summed E-state index contributed by atoms with van der Waals surface area (Å²) in [5.41, 5.74) is 5.72. The van der Waals surface area contributed by atoms with Crippen molar-refractivity contribution in [3.63, 3.8) is 0 Å². The summed E-state index contributed by atoms with van der Waals surface area (Å²) >= 11 is 2.62. The fourth-order valence-electron chi connectivity index (χ4n) is 2.98. The van der Waals surface area contributed by atoms with Crippen LogP contribution in [0.5, 0.6) is 0 Å². The zero-order chi connectivity index (χ0) is 23.6. The van der Waals surface area contributed by atoms with Crippen molar-refractivity contribution in [2.45, 2.75) is 39.1 Å². The Hall–Kier alpha value is -2.86. The van der Waals surface area contributed by atoms with Crippen LogP contribution < -0.4 is 11.1 Å². The minimum absolute atomic E-state index is 0.0644. The van der Waals surface area contributed by atoms with Gasteiger partial charge in [-0.25, -0.2) is 9.78 Å². The smallest absolute Gasteiger partial charge is 0.357 e. The van der Waals surface area contributed by atoms with Gasteiger partial charge < -0.3 is 20.5 Å². The Morgan fingerprint density at radius 3 is 2.66 bits per heavy atom. The number of hydrogen-bond donors (Lipinski definition) is 2. The average Bonchev–Trinajstić information content (AvgIpc) is 3.16. The number of nitrogens with one attached hydrogen (secondary N) is 1. The Morgan fingerprint density at radius 2 is 2.06 bits per heavy atom. The summed E-state index contributed by atoms with van der Waals surface area (Å²) in [5, 5.41) is 4.26. The van der Waals surface area contributed by atoms with Crippen molar-refractivity contribution in [2.24, 2.45) is 5.41 Å². The predicted octanol–water partition coefficient (Wildman–Crippen LogP) is 1.50. The third-order valence-electron chi connectivity index (χ3n) is 4.67. The van der Waals surface area contributed by atoms with Crippen LogP contribution in [0.25, 0.3) is 5.57 Å². The third-order valence-corrected chi connectivity index (χ3v) is 6.52. The summed E-state index contributed by atoms with van der Waals surface area (Å²) in [4.78, 5) is 55.0. The summed E-state index contributed by atoms with van der Waals surface area (Å²) in [6.45, 7) is 6.18. The summed E-state index contributed by atoms with van der Waals surface area (Å²) in [5.74, 6) is -1.72. The quantitative estimate of drug-likeness (QED) is 0.268. The van der Waals surface area contributed by atoms with E-state index in [1.807, 2.05) is 0 Å². The number of fused-ring (bicyclic) bond motifs is 1. The summed E-state index contributed by atoms with van der Waals surface area (Å²) in [7, 11) is 0. The number of nitrogens with zero attached hydrogens (tertiary/aromatic N) is 2. The van der Waals surface area contributed by atoms with Crippen molar-refractivity contribution in [3.8, 4) is 0 Å². The molecular weight excluding hydrogens is 456 g/mol. The van der Waals surface area contributed by atoms with Crippen LogP contribution >= 0.6 is 23.1 Å². The number of thiazole rings is 1. The lowest BCUT2D eigenvalue weighted by molar-refractivity contribution is -0.173. The second-order valence-electron chi connectivity index (χ2n) is 7.98. The first kappa shape index (κ1) is 23.8. The number of amides is 2. The van der Waals surface area contributed by atoms with E-state index in [4.69, 9.17) is 15.2 Å². The molecule has 0 bridgehead atoms. The molecule has 172 valence electrons. The van der Waals surface area contributed by atoms with Gasteiger partial charge in [0.2, 0.25) is 6.79 Å². The number of aromatic nitrogens is 1. The monoisotopic (exact) mass is 480 g/mol. The van der Waals surface area contributed by atoms with Crippen LogP contribution in [-0.4, -0.2) is 57.6 Å². The molecular formula is C20H24N4O6S2. The Bertz CT molecular complexity index is 1010. The molecule has 32 heavy (non-hydrogen) atoms. The highest BCUT2D eigenvalue weighted by molar-refractivity contribution is 8.00. The highest BCUT2D eigenvalue weighted by Crippen LogP contribution is 2.38. The largest absolute Gasteiger partial charge is 0.427 e. The molecule has 2 aliphatic rings. The second-order valence-corrected chi connectivity index (χ2v) is 10.0. The van der Waals surface area contributed by atoms with E-state index in [2.05, 4.69) is 10.3 Å². The van der Waals surface area contributed by atoms with Crippen molar-refractivity contribution in [3.05, 3.63) is 28.9 Å². The number of nitrogen functional groups attached to an aromatic ring is 1. The SMILES string of the molecule is C/C=C(\C(=O)N[C@@H]1C(=O)N2C(C(=O)OCOC(=O)C(C)(C)C)=CCS[C@H]12)c1csc(N)n1. The van der Waals surface area contributed by atoms with Gasteiger partial charge in [0.15, 0.2) is 5.13 Å². The lowest BCUT2D eigenvalue weighted by atomic mass is 9.98. The van der Waals surface area contributed by atoms with Gasteiger partial charge in [0.1, 0.15) is 17.1 Å². The Labute approximate surface area is 193 Å². The molecule has 2 atom stereocenters. The summed E-state index contributed by atoms with van der Waals surface area (Å²) < 4.78 is 9.95. The van der Waals surface area contributed by atoms with Crippen molar-refractivity contribution < 1.29 is 28.7 Å². The molecule has 1 aromatic heterocycles. The first-order valence-electron chi connectivity index (χ1n) is 9.72. The molecule has 3 rings (SSSR count). The van der Waals surface area contributed by atoms with E-state index in [1.165, 1.54) is 28.0 Å². The second kappa shape index (κ2) is 9.33. The number of esters is 2. The normalized spacial score (nSPS) is 20.6. The standard InChI is InChI=1S/C20H24N4O6S2/c1-5-10(11-8-32-19(21)22-11)14(25)23-13-15(26)24-12(6-7-31-16(13)24)17(27)29-9-30-18(28)20(2,3)4/h5-6,8,13,16H,7,9H2,1-4H3,(H2,21,22)(H,23,25)/b10-5-/t13-,16-/m1/s1. The van der Waals surface area contributed by atoms with Crippen molar-refractivity contribution in [1.29, 1.82) is 0 Å². The van der Waals surface area contributed by atoms with Gasteiger partial charge in [-0.15, -0.1) is 23.1 Å². The van der Waals surface area contributed by atoms with E-state index in [1.54, 1.807) is 45.2 Å². The van der Waals surface area contributed by atoms with Crippen molar-refractivity contribution in [2.75, 3.05) is 18.3 Å². The molecule has 0 spiro atoms. The van der Waals surface area contributed by atoms with Gasteiger partial charge in [-0.2, -0.15) is 0 Å². The maximum atomic E-state index is 12.7. The van der Waals surface area contributed by atoms with Crippen LogP contribution in [0.3, 0.4) is 0 Å². The topological polar surface area (TPSA) is 141 Å². The molecule has 0 aromatic carbocycles. The minimum Gasteiger partial charge on any atom is -0.427 e. The summed E-state index contributed by atoms with van der Waals surface area (Å²) in [6, 6.07) is -0.798. The number of hydrogen-bond acceptors (Lipinski definition) is 10. The third kappa shape index (κ3) is 4.80. The zero-order valence-electron chi connectivity index (χ0n) is 18.0. The van der Waals surface area contributed by atoms with Gasteiger partial charge in [-0.1, -0.05) is 6.08 Å². The molecule has 1 saturated heterocycles. The molecule has 0 unspecified atom stereocenters. The van der Waals surface area contributed by atoms with Crippen LogP contribution in [0.2, 0.25) is 0 Å². The molecule has 3 N–H and O–H groups in total. The highest BCUT2D eigenvalue weighted by atomic mass is 32.2. The molecule has 2 aliphatic heterocycles. The number of rotatable bonds is 6. The van der Waals surface area contributed by atoms with Crippen LogP contribution in [0, 0.1) is 5.41 Å². The van der Waals surface area contributed by atoms with E-state index in [0.29, 0.717) is 22.2 Å². The molecule has 10 nitrogen and oxygen atoms in total. The van der Waals surface area contributed by atoms with Crippen LogP contribution in [0.4, 0.5) is 5.13 Å². The average molecular weight is 481 g/mol. The number of carbonyl (C=O) groups is 4. The van der Waals surface area contributed by atoms with Gasteiger partial charge in [-0.3, -0.25) is 19.3 Å². The van der Waals surface area contributed by atoms with E-state index in [9.17, 15) is 19.2 Å². The van der Waals surface area contributed by atoms with Crippen LogP contribution in [0.1, 0.15) is 33.4 Å². The number of nitrogens with two attached hydrogens (primary N) is 1. The Balaban J connectivity index is 1.60. The Kier molecular flexibility index (Phi) is 6.94. The minimum atomic E-state index is -0.798. The maximum absolute atomic E-state index is 12.7. The number of carbonyl (C=O) groups excluding carboxylic acids is 4. The lowest BCUT2D eigenvalue weighted by Gasteiger charge is -2.48. The fourth-order valence-corrected chi connectivity index (χ4v) is 4.74. The molecule has 1 fully saturated rings. The predicted molar refractivity (Wildman–Crippen MR) is 120 cm³/mol. The van der Waals surface area contributed by atoms with Gasteiger partial charge in [0.25, 0.3) is 11.8 Å². The first-order valence-corrected chi connectivity index (χ1v) is 11.6. The van der Waals surface area contributed by atoms with Crippen LogP contribution in [0.15, 0.2) is 23.2 Å². The molecule has 1 aromatic rings. The number of allylic oxidation sites excluding steroid dienone is 1. The van der Waals surface area contributed by atoms with E-state index >= 15 is 0 Å². The van der Waals surface area contributed by atoms with Gasteiger partial charge >= 0.3 is 11.9 Å².